The summed E-state index contributed by atoms with van der Waals surface area (Å²) >= 11 is 0. The van der Waals surface area contributed by atoms with Crippen molar-refractivity contribution in [2.75, 3.05) is 28.2 Å². The smallest absolute Gasteiger partial charge is 0.303 e. The molecule has 2 N–H and O–H groups in total. The van der Waals surface area contributed by atoms with Crippen LogP contribution in [0.25, 0.3) is 16.5 Å². The summed E-state index contributed by atoms with van der Waals surface area (Å²) in [4.78, 5) is 59.4. The predicted octanol–water partition coefficient (Wildman–Crippen LogP) is 5.67. The molecule has 0 radical (unpaired) electrons. The minimum Gasteiger partial charge on any atom is -0.507 e. The number of phenols is 1. The van der Waals surface area contributed by atoms with E-state index in [1.807, 2.05) is 44.9 Å². The van der Waals surface area contributed by atoms with Gasteiger partial charge in [-0.2, -0.15) is 0 Å². The Morgan fingerprint density at radius 3 is 2.19 bits per heavy atom. The summed E-state index contributed by atoms with van der Waals surface area (Å²) in [6.07, 6.45) is -1.99. The summed E-state index contributed by atoms with van der Waals surface area (Å²) in [7, 11) is 7.46. The normalized spacial score (nSPS) is 28.6. The number of aryl methyl sites for hydroxylation is 1. The van der Waals surface area contributed by atoms with Crippen molar-refractivity contribution in [3.05, 3.63) is 79.2 Å². The van der Waals surface area contributed by atoms with E-state index >= 15 is 4.79 Å². The van der Waals surface area contributed by atoms with Crippen LogP contribution < -0.4 is 5.43 Å². The Hall–Kier alpha value is -3.91. The van der Waals surface area contributed by atoms with Crippen LogP contribution in [0.5, 0.6) is 5.75 Å². The molecule has 2 aliphatic heterocycles. The Labute approximate surface area is 321 Å². The fraction of sp³-hybridized carbons (Fsp3) is 0.512. The van der Waals surface area contributed by atoms with E-state index in [1.54, 1.807) is 46.8 Å². The van der Waals surface area contributed by atoms with Gasteiger partial charge >= 0.3 is 5.97 Å². The van der Waals surface area contributed by atoms with Crippen LogP contribution in [0.3, 0.4) is 0 Å². The highest BCUT2D eigenvalue weighted by Gasteiger charge is 2.51. The van der Waals surface area contributed by atoms with E-state index in [0.29, 0.717) is 16.7 Å². The molecule has 12 nitrogen and oxygen atoms in total. The van der Waals surface area contributed by atoms with Crippen molar-refractivity contribution in [1.29, 1.82) is 0 Å². The number of aromatic hydroxyl groups is 1. The second-order valence-corrected chi connectivity index (χ2v) is 15.5. The Kier molecular flexibility index (Phi) is 11.4. The molecular weight excluding hydrogens is 716 g/mol. The fourth-order valence-corrected chi connectivity index (χ4v) is 8.39. The first-order valence-corrected chi connectivity index (χ1v) is 18.1. The number of nitrogens with zero attached hydrogens (tertiary/aromatic N) is 2. The number of carbonyl (C=O) groups excluding carboxylic acids is 3. The molecule has 1 aliphatic carbocycles. The molecule has 2 fully saturated rings. The second-order valence-electron chi connectivity index (χ2n) is 15.5. The molecule has 6 rings (SSSR count). The van der Waals surface area contributed by atoms with Gasteiger partial charge in [0.2, 0.25) is 5.78 Å². The number of aliphatic hydroxyl groups is 1. The van der Waals surface area contributed by atoms with Crippen molar-refractivity contribution in [2.45, 2.75) is 110 Å². The van der Waals surface area contributed by atoms with E-state index in [-0.39, 0.29) is 81.3 Å². The highest BCUT2D eigenvalue weighted by atomic mass is 35.5. The summed E-state index contributed by atoms with van der Waals surface area (Å²) in [5.41, 5.74) is 0.343. The number of hydrogen-bond acceptors (Lipinski definition) is 12. The lowest BCUT2D eigenvalue weighted by atomic mass is 9.74. The van der Waals surface area contributed by atoms with E-state index in [9.17, 15) is 24.6 Å². The lowest BCUT2D eigenvalue weighted by Gasteiger charge is -2.50. The van der Waals surface area contributed by atoms with Gasteiger partial charge in [0.1, 0.15) is 17.6 Å². The zero-order chi connectivity index (χ0) is 39.0. The number of aliphatic hydroxyl groups excluding tert-OH is 1. The minimum absolute atomic E-state index is 0. The quantitative estimate of drug-likeness (QED) is 0.232. The van der Waals surface area contributed by atoms with Gasteiger partial charge in [-0.3, -0.25) is 19.2 Å². The van der Waals surface area contributed by atoms with Gasteiger partial charge in [-0.05, 0) is 111 Å². The molecule has 2 saturated heterocycles. The van der Waals surface area contributed by atoms with E-state index in [1.165, 1.54) is 19.1 Å². The van der Waals surface area contributed by atoms with E-state index < -0.39 is 65.4 Å². The number of rotatable bonds is 6. The topological polar surface area (TPSA) is 156 Å². The maximum absolute atomic E-state index is 15.0. The molecule has 1 aromatic heterocycles. The van der Waals surface area contributed by atoms with Gasteiger partial charge in [0.05, 0.1) is 52.6 Å². The third-order valence-electron chi connectivity index (χ3n) is 11.7. The summed E-state index contributed by atoms with van der Waals surface area (Å²) in [6.45, 7) is 12.1. The summed E-state index contributed by atoms with van der Waals surface area (Å²) in [6, 6.07) is 4.25. The highest BCUT2D eigenvalue weighted by Crippen LogP contribution is 2.50. The van der Waals surface area contributed by atoms with Gasteiger partial charge in [0.25, 0.3) is 0 Å². The van der Waals surface area contributed by atoms with Gasteiger partial charge < -0.3 is 38.6 Å². The minimum atomic E-state index is -0.819. The number of halogens is 1. The molecule has 13 heteroatoms. The largest absolute Gasteiger partial charge is 0.507 e. The maximum atomic E-state index is 15.0. The van der Waals surface area contributed by atoms with Crippen LogP contribution in [0.15, 0.2) is 33.5 Å². The van der Waals surface area contributed by atoms with Crippen LogP contribution in [-0.4, -0.2) is 102 Å². The third-order valence-corrected chi connectivity index (χ3v) is 11.7. The molecule has 8 unspecified atom stereocenters. The van der Waals surface area contributed by atoms with Crippen molar-refractivity contribution in [2.24, 2.45) is 0 Å². The number of hydrogen-bond donors (Lipinski definition) is 2. The number of fused-ring (bicyclic) bond motifs is 4. The van der Waals surface area contributed by atoms with Gasteiger partial charge in [-0.25, -0.2) is 0 Å². The number of allylic oxidation sites excluding steroid dienone is 2. The number of carbonyl (C=O) groups is 3. The van der Waals surface area contributed by atoms with E-state index in [4.69, 9.17) is 18.6 Å². The SMILES string of the molecule is C/C=C(\C)c1cc(=O)c2c(C)cc3c(c2o1)C(=O)c1c(O)c(C2CC(C)(N(C)C)C(OC(C)=O)C(C)O2)cc(C2CC(N(C)C)C(O)C(C)O2)c1C3=O.Cl. The first-order valence-electron chi connectivity index (χ1n) is 18.1. The van der Waals surface area contributed by atoms with Crippen LogP contribution in [0.1, 0.15) is 121 Å². The second kappa shape index (κ2) is 15.0. The average molecular weight is 767 g/mol. The summed E-state index contributed by atoms with van der Waals surface area (Å²) < 4.78 is 25.0. The molecule has 2 aromatic carbocycles. The first-order chi connectivity index (χ1) is 24.8. The Bertz CT molecular complexity index is 2120. The number of ether oxygens (including phenoxy) is 3. The van der Waals surface area contributed by atoms with Crippen LogP contribution in [-0.2, 0) is 19.0 Å². The van der Waals surface area contributed by atoms with Crippen molar-refractivity contribution in [3.63, 3.8) is 0 Å². The summed E-state index contributed by atoms with van der Waals surface area (Å²) in [5.74, 6) is -1.83. The van der Waals surface area contributed by atoms with Gasteiger partial charge in [0.15, 0.2) is 16.8 Å². The molecule has 3 heterocycles. The number of esters is 1. The number of likely N-dealkylation sites (N-methyl/N-ethyl adjacent to an activating group) is 2. The molecule has 0 spiro atoms. The van der Waals surface area contributed by atoms with Crippen molar-refractivity contribution < 1.29 is 43.2 Å². The van der Waals surface area contributed by atoms with E-state index in [0.717, 1.165) is 0 Å². The monoisotopic (exact) mass is 766 g/mol. The average Bonchev–Trinajstić information content (AvgIpc) is 3.08. The molecule has 292 valence electrons. The maximum Gasteiger partial charge on any atom is 0.303 e. The van der Waals surface area contributed by atoms with Crippen molar-refractivity contribution in [3.8, 4) is 5.75 Å². The lowest BCUT2D eigenvalue weighted by Crippen LogP contribution is -2.61. The number of phenolic OH excluding ortho intramolecular Hbond substituents is 1. The zero-order valence-electron chi connectivity index (χ0n) is 32.7. The van der Waals surface area contributed by atoms with Gasteiger partial charge in [0, 0.05) is 35.7 Å². The highest BCUT2D eigenvalue weighted by molar-refractivity contribution is 6.33. The molecule has 0 saturated carbocycles. The van der Waals surface area contributed by atoms with Crippen LogP contribution >= 0.6 is 12.4 Å². The van der Waals surface area contributed by atoms with Crippen LogP contribution in [0.4, 0.5) is 0 Å². The Morgan fingerprint density at radius 1 is 0.944 bits per heavy atom. The molecule has 3 aliphatic rings. The lowest BCUT2D eigenvalue weighted by molar-refractivity contribution is -0.201. The van der Waals surface area contributed by atoms with E-state index in [2.05, 4.69) is 0 Å². The van der Waals surface area contributed by atoms with Gasteiger partial charge in [-0.1, -0.05) is 6.08 Å². The molecule has 54 heavy (non-hydrogen) atoms. The molecule has 3 aromatic rings. The standard InChI is InChI=1S/C41H50N2O10.ClH/c1-12-18(2)28-16-27(45)31-19(3)13-25-33(39(31)53-28)38(49)34-32(37(25)48)23(29-15-26(42(8)9)35(46)20(4)50-29)14-24(36(34)47)30-17-41(7,43(10)11)40(21(5)51-30)52-22(6)44;/h12-14,16,20-21,26,29-30,35,40,46-47H,15,17H2,1-11H3;1H/b18-12+;. The first kappa shape index (κ1) is 41.3. The molecule has 8 atom stereocenters. The Morgan fingerprint density at radius 2 is 1.59 bits per heavy atom. The third kappa shape index (κ3) is 6.60. The predicted molar refractivity (Wildman–Crippen MR) is 206 cm³/mol. The van der Waals surface area contributed by atoms with Crippen LogP contribution in [0.2, 0.25) is 0 Å². The van der Waals surface area contributed by atoms with Crippen molar-refractivity contribution >= 4 is 46.5 Å². The number of benzene rings is 2. The molecular formula is C41H51ClN2O10. The van der Waals surface area contributed by atoms with Crippen molar-refractivity contribution in [1.82, 2.24) is 9.80 Å². The zero-order valence-corrected chi connectivity index (χ0v) is 33.5. The van der Waals surface area contributed by atoms with Crippen LogP contribution in [0, 0.1) is 6.92 Å². The Balaban J connectivity index is 0.00000561. The molecule has 0 bridgehead atoms. The molecule has 0 amide bonds. The number of ketones is 2. The summed E-state index contributed by atoms with van der Waals surface area (Å²) in [5, 5.41) is 23.5. The fourth-order valence-electron chi connectivity index (χ4n) is 8.39. The van der Waals surface area contributed by atoms with Gasteiger partial charge in [-0.15, -0.1) is 12.4 Å².